The van der Waals surface area contributed by atoms with Crippen molar-refractivity contribution in [3.05, 3.63) is 30.0 Å². The first-order valence-corrected chi connectivity index (χ1v) is 4.89. The molecule has 2 rings (SSSR count). The van der Waals surface area contributed by atoms with Gasteiger partial charge in [0.1, 0.15) is 0 Å². The molecular weight excluding hydrogens is 180 g/mol. The van der Waals surface area contributed by atoms with Crippen molar-refractivity contribution in [3.8, 4) is 0 Å². The van der Waals surface area contributed by atoms with Crippen molar-refractivity contribution in [2.45, 2.75) is 18.6 Å². The Hall–Kier alpha value is -0.960. The van der Waals surface area contributed by atoms with E-state index in [4.69, 9.17) is 0 Å². The van der Waals surface area contributed by atoms with Crippen LogP contribution in [0.2, 0.25) is 0 Å². The standard InChI is InChI=1S/C10H12N2S/c1-7(13)6-10-8-4-2-3-5-9(8)11-12-10/h2-5,7,13H,6H2,1H3,(H,11,12). The van der Waals surface area contributed by atoms with E-state index in [1.165, 1.54) is 11.1 Å². The van der Waals surface area contributed by atoms with Gasteiger partial charge < -0.3 is 0 Å². The summed E-state index contributed by atoms with van der Waals surface area (Å²) in [5, 5.41) is 8.84. The van der Waals surface area contributed by atoms with E-state index in [1.54, 1.807) is 0 Å². The van der Waals surface area contributed by atoms with Gasteiger partial charge in [-0.25, -0.2) is 0 Å². The third kappa shape index (κ3) is 1.70. The van der Waals surface area contributed by atoms with Crippen molar-refractivity contribution in [1.82, 2.24) is 10.2 Å². The first-order valence-electron chi connectivity index (χ1n) is 4.37. The molecule has 0 fully saturated rings. The topological polar surface area (TPSA) is 28.7 Å². The van der Waals surface area contributed by atoms with E-state index in [0.717, 1.165) is 11.9 Å². The molecule has 1 N–H and O–H groups in total. The molecule has 3 heteroatoms. The summed E-state index contributed by atoms with van der Waals surface area (Å²) in [6, 6.07) is 8.13. The second-order valence-electron chi connectivity index (χ2n) is 3.27. The van der Waals surface area contributed by atoms with E-state index >= 15 is 0 Å². The number of hydrogen-bond acceptors (Lipinski definition) is 2. The molecule has 0 bridgehead atoms. The quantitative estimate of drug-likeness (QED) is 0.703. The zero-order valence-electron chi connectivity index (χ0n) is 7.49. The maximum atomic E-state index is 4.36. The number of aromatic amines is 1. The summed E-state index contributed by atoms with van der Waals surface area (Å²) in [6.45, 7) is 2.08. The number of H-pyrrole nitrogens is 1. The summed E-state index contributed by atoms with van der Waals surface area (Å²) in [5.41, 5.74) is 2.21. The van der Waals surface area contributed by atoms with Gasteiger partial charge in [0.05, 0.1) is 5.52 Å². The van der Waals surface area contributed by atoms with Gasteiger partial charge in [-0.1, -0.05) is 25.1 Å². The molecule has 1 atom stereocenters. The van der Waals surface area contributed by atoms with Crippen LogP contribution in [0.3, 0.4) is 0 Å². The molecule has 1 aromatic heterocycles. The Morgan fingerprint density at radius 1 is 1.46 bits per heavy atom. The monoisotopic (exact) mass is 192 g/mol. The summed E-state index contributed by atoms with van der Waals surface area (Å²) < 4.78 is 0. The van der Waals surface area contributed by atoms with Crippen molar-refractivity contribution in [3.63, 3.8) is 0 Å². The van der Waals surface area contributed by atoms with Crippen LogP contribution in [0.4, 0.5) is 0 Å². The molecule has 0 aliphatic rings. The molecule has 0 aliphatic carbocycles. The van der Waals surface area contributed by atoms with Crippen molar-refractivity contribution >= 4 is 23.5 Å². The van der Waals surface area contributed by atoms with Gasteiger partial charge in [-0.05, 0) is 6.07 Å². The molecule has 0 radical (unpaired) electrons. The van der Waals surface area contributed by atoms with Crippen LogP contribution >= 0.6 is 12.6 Å². The maximum absolute atomic E-state index is 4.36. The number of para-hydroxylation sites is 1. The highest BCUT2D eigenvalue weighted by Crippen LogP contribution is 2.17. The van der Waals surface area contributed by atoms with Crippen LogP contribution in [-0.4, -0.2) is 15.4 Å². The van der Waals surface area contributed by atoms with E-state index in [0.29, 0.717) is 5.25 Å². The average Bonchev–Trinajstić information content (AvgIpc) is 2.48. The number of nitrogens with zero attached hydrogens (tertiary/aromatic N) is 1. The van der Waals surface area contributed by atoms with E-state index in [2.05, 4.69) is 35.8 Å². The lowest BCUT2D eigenvalue weighted by molar-refractivity contribution is 0.895. The van der Waals surface area contributed by atoms with E-state index in [1.807, 2.05) is 18.2 Å². The minimum atomic E-state index is 0.365. The van der Waals surface area contributed by atoms with Crippen LogP contribution in [-0.2, 0) is 6.42 Å². The second kappa shape index (κ2) is 3.42. The summed E-state index contributed by atoms with van der Waals surface area (Å²) >= 11 is 4.36. The van der Waals surface area contributed by atoms with Gasteiger partial charge in [0.25, 0.3) is 0 Å². The first-order chi connectivity index (χ1) is 6.27. The van der Waals surface area contributed by atoms with Gasteiger partial charge in [-0.15, -0.1) is 0 Å². The van der Waals surface area contributed by atoms with Gasteiger partial charge in [0.2, 0.25) is 0 Å². The van der Waals surface area contributed by atoms with Crippen LogP contribution in [0, 0.1) is 0 Å². The third-order valence-corrected chi connectivity index (χ3v) is 2.22. The number of hydrogen-bond donors (Lipinski definition) is 2. The lowest BCUT2D eigenvalue weighted by Gasteiger charge is -2.00. The summed E-state index contributed by atoms with van der Waals surface area (Å²) in [6.07, 6.45) is 0.934. The van der Waals surface area contributed by atoms with Crippen LogP contribution < -0.4 is 0 Å². The Morgan fingerprint density at radius 2 is 2.23 bits per heavy atom. The normalized spacial score (nSPS) is 13.4. The highest BCUT2D eigenvalue weighted by atomic mass is 32.1. The zero-order valence-corrected chi connectivity index (χ0v) is 8.38. The highest BCUT2D eigenvalue weighted by Gasteiger charge is 2.05. The fourth-order valence-electron chi connectivity index (χ4n) is 1.47. The number of benzene rings is 1. The summed E-state index contributed by atoms with van der Waals surface area (Å²) in [5.74, 6) is 0. The maximum Gasteiger partial charge on any atom is 0.0923 e. The van der Waals surface area contributed by atoms with Crippen molar-refractivity contribution in [2.75, 3.05) is 0 Å². The summed E-state index contributed by atoms with van der Waals surface area (Å²) in [7, 11) is 0. The van der Waals surface area contributed by atoms with Gasteiger partial charge in [0.15, 0.2) is 0 Å². The number of thiol groups is 1. The molecule has 0 spiro atoms. The molecule has 2 nitrogen and oxygen atoms in total. The largest absolute Gasteiger partial charge is 0.281 e. The fraction of sp³-hybridized carbons (Fsp3) is 0.300. The molecule has 1 aromatic carbocycles. The molecule has 1 heterocycles. The Kier molecular flexibility index (Phi) is 2.27. The molecule has 2 aromatic rings. The van der Waals surface area contributed by atoms with Crippen LogP contribution in [0.15, 0.2) is 24.3 Å². The van der Waals surface area contributed by atoms with E-state index in [-0.39, 0.29) is 0 Å². The minimum absolute atomic E-state index is 0.365. The molecule has 0 aliphatic heterocycles. The first kappa shape index (κ1) is 8.63. The number of rotatable bonds is 2. The van der Waals surface area contributed by atoms with Crippen LogP contribution in [0.1, 0.15) is 12.6 Å². The van der Waals surface area contributed by atoms with Crippen LogP contribution in [0.5, 0.6) is 0 Å². The van der Waals surface area contributed by atoms with E-state index in [9.17, 15) is 0 Å². The molecule has 0 saturated carbocycles. The minimum Gasteiger partial charge on any atom is -0.281 e. The fourth-order valence-corrected chi connectivity index (χ4v) is 1.65. The Morgan fingerprint density at radius 3 is 3.00 bits per heavy atom. The lowest BCUT2D eigenvalue weighted by atomic mass is 10.1. The SMILES string of the molecule is CC(S)Cc1[nH]nc2ccccc12. The van der Waals surface area contributed by atoms with Gasteiger partial charge in [0, 0.05) is 22.8 Å². The molecular formula is C10H12N2S. The Bertz CT molecular complexity index is 406. The smallest absolute Gasteiger partial charge is 0.0923 e. The van der Waals surface area contributed by atoms with Gasteiger partial charge >= 0.3 is 0 Å². The predicted octanol–water partition coefficient (Wildman–Crippen LogP) is 2.42. The molecule has 13 heavy (non-hydrogen) atoms. The second-order valence-corrected chi connectivity index (χ2v) is 4.15. The molecule has 0 amide bonds. The molecule has 68 valence electrons. The average molecular weight is 192 g/mol. The van der Waals surface area contributed by atoms with Crippen molar-refractivity contribution in [2.24, 2.45) is 0 Å². The summed E-state index contributed by atoms with van der Waals surface area (Å²) in [4.78, 5) is 0. The molecule has 0 saturated heterocycles. The number of nitrogens with one attached hydrogen (secondary N) is 1. The van der Waals surface area contributed by atoms with Gasteiger partial charge in [-0.2, -0.15) is 17.7 Å². The number of fused-ring (bicyclic) bond motifs is 1. The Balaban J connectivity index is 2.46. The third-order valence-electron chi connectivity index (χ3n) is 2.04. The van der Waals surface area contributed by atoms with Crippen LogP contribution in [0.25, 0.3) is 10.9 Å². The van der Waals surface area contributed by atoms with Crippen molar-refractivity contribution in [1.29, 1.82) is 0 Å². The predicted molar refractivity (Wildman–Crippen MR) is 58.2 cm³/mol. The van der Waals surface area contributed by atoms with E-state index < -0.39 is 0 Å². The van der Waals surface area contributed by atoms with Gasteiger partial charge in [-0.3, -0.25) is 5.10 Å². The number of aromatic nitrogens is 2. The Labute approximate surface area is 82.8 Å². The van der Waals surface area contributed by atoms with Crippen molar-refractivity contribution < 1.29 is 0 Å². The lowest BCUT2D eigenvalue weighted by Crippen LogP contribution is -1.97. The molecule has 1 unspecified atom stereocenters. The highest BCUT2D eigenvalue weighted by molar-refractivity contribution is 7.80. The zero-order chi connectivity index (χ0) is 9.26.